The van der Waals surface area contributed by atoms with Gasteiger partial charge in [0.2, 0.25) is 0 Å². The van der Waals surface area contributed by atoms with Crippen LogP contribution in [0.15, 0.2) is 39.8 Å². The van der Waals surface area contributed by atoms with Gasteiger partial charge in [-0.2, -0.15) is 0 Å². The van der Waals surface area contributed by atoms with Crippen molar-refractivity contribution in [3.05, 3.63) is 53.2 Å². The zero-order valence-corrected chi connectivity index (χ0v) is 13.6. The number of benzene rings is 1. The Hall–Kier alpha value is -2.48. The first-order chi connectivity index (χ1) is 10.7. The minimum absolute atomic E-state index is 0.115. The van der Waals surface area contributed by atoms with Crippen molar-refractivity contribution in [3.63, 3.8) is 0 Å². The molecule has 0 spiro atoms. The van der Waals surface area contributed by atoms with Gasteiger partial charge >= 0.3 is 0 Å². The highest BCUT2D eigenvalue weighted by Crippen LogP contribution is 2.22. The Kier molecular flexibility index (Phi) is 4.65. The molecule has 122 valence electrons. The average molecular weight is 338 g/mol. The number of aromatic nitrogens is 1. The van der Waals surface area contributed by atoms with Crippen molar-refractivity contribution in [2.24, 2.45) is 0 Å². The standard InChI is InChI=1S/C15H15FN2O4S/c1-10-15(11(2)22-17-10)23(20,21)18(3)14(19)9-6-12-4-7-13(16)8-5-12/h4-9H,1-3H3/b9-6+. The van der Waals surface area contributed by atoms with Crippen molar-refractivity contribution in [2.75, 3.05) is 7.05 Å². The Morgan fingerprint density at radius 3 is 2.39 bits per heavy atom. The quantitative estimate of drug-likeness (QED) is 0.799. The predicted octanol–water partition coefficient (Wildman–Crippen LogP) is 2.29. The molecule has 1 heterocycles. The van der Waals surface area contributed by atoms with Crippen LogP contribution in [0.4, 0.5) is 4.39 Å². The fourth-order valence-electron chi connectivity index (χ4n) is 1.94. The van der Waals surface area contributed by atoms with Crippen LogP contribution >= 0.6 is 0 Å². The number of carbonyl (C=O) groups is 1. The van der Waals surface area contributed by atoms with Gasteiger partial charge in [0, 0.05) is 13.1 Å². The first-order valence-corrected chi connectivity index (χ1v) is 8.07. The average Bonchev–Trinajstić information content (AvgIpc) is 2.85. The van der Waals surface area contributed by atoms with Crippen LogP contribution in [0.3, 0.4) is 0 Å². The molecule has 0 N–H and O–H groups in total. The van der Waals surface area contributed by atoms with Gasteiger partial charge in [-0.05, 0) is 37.6 Å². The molecule has 0 bridgehead atoms. The molecule has 0 fully saturated rings. The van der Waals surface area contributed by atoms with E-state index in [4.69, 9.17) is 4.52 Å². The summed E-state index contributed by atoms with van der Waals surface area (Å²) in [7, 11) is -2.90. The molecule has 0 aliphatic heterocycles. The number of halogens is 1. The summed E-state index contributed by atoms with van der Waals surface area (Å²) in [4.78, 5) is 12.0. The van der Waals surface area contributed by atoms with E-state index in [1.165, 1.54) is 44.2 Å². The molecule has 0 aliphatic rings. The monoisotopic (exact) mass is 338 g/mol. The summed E-state index contributed by atoms with van der Waals surface area (Å²) >= 11 is 0. The SMILES string of the molecule is Cc1noc(C)c1S(=O)(=O)N(C)C(=O)/C=C/c1ccc(F)cc1. The summed E-state index contributed by atoms with van der Waals surface area (Å²) < 4.78 is 43.2. The zero-order chi connectivity index (χ0) is 17.2. The van der Waals surface area contributed by atoms with Crippen molar-refractivity contribution in [1.29, 1.82) is 0 Å². The predicted molar refractivity (Wildman–Crippen MR) is 81.4 cm³/mol. The molecule has 1 amide bonds. The third-order valence-electron chi connectivity index (χ3n) is 3.19. The molecule has 6 nitrogen and oxygen atoms in total. The van der Waals surface area contributed by atoms with Gasteiger partial charge in [0.1, 0.15) is 11.5 Å². The molecule has 0 saturated carbocycles. The topological polar surface area (TPSA) is 80.5 Å². The van der Waals surface area contributed by atoms with E-state index in [0.717, 1.165) is 13.1 Å². The zero-order valence-electron chi connectivity index (χ0n) is 12.8. The first kappa shape index (κ1) is 16.9. The molecule has 0 radical (unpaired) electrons. The number of aryl methyl sites for hydroxylation is 2. The lowest BCUT2D eigenvalue weighted by atomic mass is 10.2. The number of carbonyl (C=O) groups excluding carboxylic acids is 1. The summed E-state index contributed by atoms with van der Waals surface area (Å²) in [5.41, 5.74) is 0.757. The van der Waals surface area contributed by atoms with Crippen LogP contribution in [0.1, 0.15) is 17.0 Å². The number of hydrogen-bond acceptors (Lipinski definition) is 5. The number of amides is 1. The number of likely N-dealkylation sites (N-methyl/N-ethyl adjacent to an activating group) is 1. The Bertz CT molecular complexity index is 835. The maximum absolute atomic E-state index is 12.8. The number of hydrogen-bond donors (Lipinski definition) is 0. The van der Waals surface area contributed by atoms with E-state index < -0.39 is 21.7 Å². The van der Waals surface area contributed by atoms with Crippen LogP contribution in [-0.4, -0.2) is 30.8 Å². The fourth-order valence-corrected chi connectivity index (χ4v) is 3.33. The summed E-state index contributed by atoms with van der Waals surface area (Å²) in [6.07, 6.45) is 2.50. The molecule has 1 aromatic carbocycles. The van der Waals surface area contributed by atoms with Crippen LogP contribution in [0.2, 0.25) is 0 Å². The second kappa shape index (κ2) is 6.33. The molecule has 2 rings (SSSR count). The second-order valence-electron chi connectivity index (χ2n) is 4.85. The lowest BCUT2D eigenvalue weighted by Gasteiger charge is -2.15. The van der Waals surface area contributed by atoms with E-state index in [-0.39, 0.29) is 16.3 Å². The molecular weight excluding hydrogens is 323 g/mol. The van der Waals surface area contributed by atoms with Crippen molar-refractivity contribution < 1.29 is 22.1 Å². The summed E-state index contributed by atoms with van der Waals surface area (Å²) in [6, 6.07) is 5.44. The molecule has 8 heteroatoms. The molecule has 2 aromatic rings. The Balaban J connectivity index is 2.24. The molecule has 0 unspecified atom stereocenters. The highest BCUT2D eigenvalue weighted by Gasteiger charge is 2.30. The molecule has 0 aliphatic carbocycles. The maximum atomic E-state index is 12.8. The fraction of sp³-hybridized carbons (Fsp3) is 0.200. The van der Waals surface area contributed by atoms with E-state index in [2.05, 4.69) is 5.16 Å². The third-order valence-corrected chi connectivity index (χ3v) is 5.18. The maximum Gasteiger partial charge on any atom is 0.271 e. The summed E-state index contributed by atoms with van der Waals surface area (Å²) in [5, 5.41) is 3.58. The van der Waals surface area contributed by atoms with Crippen LogP contribution in [0, 0.1) is 19.7 Å². The van der Waals surface area contributed by atoms with Crippen LogP contribution in [0.5, 0.6) is 0 Å². The van der Waals surface area contributed by atoms with Gasteiger partial charge in [-0.1, -0.05) is 17.3 Å². The van der Waals surface area contributed by atoms with Gasteiger partial charge in [0.05, 0.1) is 0 Å². The van der Waals surface area contributed by atoms with E-state index in [1.54, 1.807) is 0 Å². The number of rotatable bonds is 4. The Morgan fingerprint density at radius 1 is 1.26 bits per heavy atom. The molecule has 23 heavy (non-hydrogen) atoms. The second-order valence-corrected chi connectivity index (χ2v) is 6.76. The minimum atomic E-state index is -4.05. The van der Waals surface area contributed by atoms with Crippen molar-refractivity contribution in [1.82, 2.24) is 9.46 Å². The van der Waals surface area contributed by atoms with Crippen LogP contribution < -0.4 is 0 Å². The summed E-state index contributed by atoms with van der Waals surface area (Å²) in [5.74, 6) is -1.02. The van der Waals surface area contributed by atoms with Gasteiger partial charge in [0.25, 0.3) is 15.9 Å². The van der Waals surface area contributed by atoms with Crippen molar-refractivity contribution in [3.8, 4) is 0 Å². The molecule has 0 atom stereocenters. The lowest BCUT2D eigenvalue weighted by molar-refractivity contribution is -0.120. The van der Waals surface area contributed by atoms with E-state index in [0.29, 0.717) is 9.87 Å². The van der Waals surface area contributed by atoms with Crippen molar-refractivity contribution >= 4 is 22.0 Å². The Morgan fingerprint density at radius 2 is 1.87 bits per heavy atom. The van der Waals surface area contributed by atoms with Crippen LogP contribution in [0.25, 0.3) is 6.08 Å². The minimum Gasteiger partial charge on any atom is -0.360 e. The van der Waals surface area contributed by atoms with Crippen LogP contribution in [-0.2, 0) is 14.8 Å². The van der Waals surface area contributed by atoms with Gasteiger partial charge in [-0.3, -0.25) is 4.79 Å². The molecule has 0 saturated heterocycles. The van der Waals surface area contributed by atoms with Gasteiger partial charge in [-0.15, -0.1) is 0 Å². The highest BCUT2D eigenvalue weighted by atomic mass is 32.2. The Labute approximate surface area is 133 Å². The largest absolute Gasteiger partial charge is 0.360 e. The molecular formula is C15H15FN2O4S. The van der Waals surface area contributed by atoms with Gasteiger partial charge in [0.15, 0.2) is 10.7 Å². The van der Waals surface area contributed by atoms with E-state index in [9.17, 15) is 17.6 Å². The highest BCUT2D eigenvalue weighted by molar-refractivity contribution is 7.89. The smallest absolute Gasteiger partial charge is 0.271 e. The van der Waals surface area contributed by atoms with Gasteiger partial charge in [-0.25, -0.2) is 17.1 Å². The van der Waals surface area contributed by atoms with E-state index >= 15 is 0 Å². The van der Waals surface area contributed by atoms with Crippen molar-refractivity contribution in [2.45, 2.75) is 18.7 Å². The molecule has 1 aromatic heterocycles. The normalized spacial score (nSPS) is 11.8. The third kappa shape index (κ3) is 3.48. The summed E-state index contributed by atoms with van der Waals surface area (Å²) in [6.45, 7) is 2.94. The van der Waals surface area contributed by atoms with E-state index in [1.807, 2.05) is 0 Å². The first-order valence-electron chi connectivity index (χ1n) is 6.63. The lowest BCUT2D eigenvalue weighted by Crippen LogP contribution is -2.32. The van der Waals surface area contributed by atoms with Gasteiger partial charge < -0.3 is 4.52 Å². The number of nitrogens with zero attached hydrogens (tertiary/aromatic N) is 2. The number of sulfonamides is 1.